The van der Waals surface area contributed by atoms with E-state index in [4.69, 9.17) is 4.74 Å². The van der Waals surface area contributed by atoms with Gasteiger partial charge in [-0.1, -0.05) is 29.8 Å². The number of rotatable bonds is 2. The molecule has 2 aromatic rings. The fourth-order valence-electron chi connectivity index (χ4n) is 5.94. The summed E-state index contributed by atoms with van der Waals surface area (Å²) in [5.74, 6) is -2.27. The number of hydrogen-bond acceptors (Lipinski definition) is 4. The Labute approximate surface area is 174 Å². The summed E-state index contributed by atoms with van der Waals surface area (Å²) >= 11 is 0. The molecule has 4 nitrogen and oxygen atoms in total. The number of aliphatic hydroxyl groups excluding tert-OH is 1. The molecule has 30 heavy (non-hydrogen) atoms. The number of carbonyl (C=O) groups excluding carboxylic acids is 1. The van der Waals surface area contributed by atoms with Crippen LogP contribution in [0.5, 0.6) is 0 Å². The molecule has 3 aliphatic rings. The van der Waals surface area contributed by atoms with Gasteiger partial charge < -0.3 is 9.84 Å². The summed E-state index contributed by atoms with van der Waals surface area (Å²) in [7, 11) is 0. The van der Waals surface area contributed by atoms with E-state index in [1.54, 1.807) is 12.1 Å². The molecule has 5 heteroatoms. The highest BCUT2D eigenvalue weighted by atomic mass is 19.1. The lowest BCUT2D eigenvalue weighted by atomic mass is 9.67. The van der Waals surface area contributed by atoms with Crippen molar-refractivity contribution >= 4 is 11.4 Å². The van der Waals surface area contributed by atoms with Gasteiger partial charge in [0.2, 0.25) is 0 Å². The van der Waals surface area contributed by atoms with Gasteiger partial charge in [-0.05, 0) is 55.2 Å². The number of hydrogen-bond donors (Lipinski definition) is 1. The Morgan fingerprint density at radius 3 is 2.23 bits per heavy atom. The molecule has 0 aromatic heterocycles. The number of carbonyl (C=O) groups is 1. The van der Waals surface area contributed by atoms with Crippen molar-refractivity contribution in [1.82, 2.24) is 0 Å². The van der Waals surface area contributed by atoms with Crippen molar-refractivity contribution in [2.45, 2.75) is 38.9 Å². The second-order valence-corrected chi connectivity index (χ2v) is 8.75. The average Bonchev–Trinajstić information content (AvgIpc) is 3.33. The van der Waals surface area contributed by atoms with E-state index in [2.05, 4.69) is 6.07 Å². The molecule has 0 spiro atoms. The standard InChI is InChI=1S/C25H22FNO3/c1-11-8-12(2)17(13(3)9-11)19-22(28)20-21(23(19)29)25-18(16(10-27)24(20)30-25)14-4-6-15(26)7-5-14/h4-9,16,18,20-21,24-25,29H,1-3H3/t16-,18+,20-,21+,24-,25+/m0/s1. The van der Waals surface area contributed by atoms with Crippen molar-refractivity contribution in [3.63, 3.8) is 0 Å². The van der Waals surface area contributed by atoms with E-state index >= 15 is 0 Å². The lowest BCUT2D eigenvalue weighted by Crippen LogP contribution is -2.39. The molecule has 2 aliphatic heterocycles. The molecule has 152 valence electrons. The topological polar surface area (TPSA) is 70.3 Å². The number of Topliss-reactive ketones (excluding diaryl/α,β-unsaturated/α-hetero) is 1. The van der Waals surface area contributed by atoms with Crippen LogP contribution in [0.3, 0.4) is 0 Å². The molecule has 1 aliphatic carbocycles. The summed E-state index contributed by atoms with van der Waals surface area (Å²) in [6.07, 6.45) is -1.05. The minimum absolute atomic E-state index is 0.0658. The molecular weight excluding hydrogens is 381 g/mol. The predicted octanol–water partition coefficient (Wildman–Crippen LogP) is 4.54. The van der Waals surface area contributed by atoms with E-state index in [0.29, 0.717) is 5.57 Å². The van der Waals surface area contributed by atoms with Gasteiger partial charge in [0.05, 0.1) is 41.6 Å². The first-order valence-corrected chi connectivity index (χ1v) is 10.2. The second-order valence-electron chi connectivity index (χ2n) is 8.75. The summed E-state index contributed by atoms with van der Waals surface area (Å²) < 4.78 is 19.5. The van der Waals surface area contributed by atoms with E-state index in [9.17, 15) is 19.6 Å². The number of allylic oxidation sites excluding steroid dienone is 1. The summed E-state index contributed by atoms with van der Waals surface area (Å²) in [5.41, 5.74) is 4.94. The highest BCUT2D eigenvalue weighted by molar-refractivity contribution is 6.26. The molecule has 0 radical (unpaired) electrons. The van der Waals surface area contributed by atoms with Crippen LogP contribution in [0.25, 0.3) is 5.57 Å². The lowest BCUT2D eigenvalue weighted by molar-refractivity contribution is -0.119. The van der Waals surface area contributed by atoms with Crippen LogP contribution in [-0.4, -0.2) is 23.1 Å². The number of nitrogens with zero attached hydrogens (tertiary/aromatic N) is 1. The van der Waals surface area contributed by atoms with Gasteiger partial charge in [0.15, 0.2) is 5.78 Å². The highest BCUT2D eigenvalue weighted by Gasteiger charge is 2.66. The van der Waals surface area contributed by atoms with Crippen molar-refractivity contribution in [2.75, 3.05) is 0 Å². The molecule has 2 heterocycles. The first kappa shape index (κ1) is 19.0. The molecule has 5 rings (SSSR count). The number of fused-ring (bicyclic) bond motifs is 5. The third kappa shape index (κ3) is 2.44. The number of ether oxygens (including phenoxy) is 1. The van der Waals surface area contributed by atoms with Crippen LogP contribution in [0, 0.1) is 55.7 Å². The van der Waals surface area contributed by atoms with Gasteiger partial charge in [-0.25, -0.2) is 4.39 Å². The maximum Gasteiger partial charge on any atom is 0.173 e. The molecule has 2 fully saturated rings. The zero-order valence-corrected chi connectivity index (χ0v) is 17.0. The van der Waals surface area contributed by atoms with E-state index in [-0.39, 0.29) is 23.3 Å². The van der Waals surface area contributed by atoms with Crippen LogP contribution < -0.4 is 0 Å². The molecule has 0 unspecified atom stereocenters. The molecule has 6 atom stereocenters. The van der Waals surface area contributed by atoms with Crippen molar-refractivity contribution in [2.24, 2.45) is 17.8 Å². The van der Waals surface area contributed by atoms with E-state index in [0.717, 1.165) is 27.8 Å². The minimum atomic E-state index is -0.571. The molecule has 1 N–H and O–H groups in total. The third-order valence-corrected chi connectivity index (χ3v) is 6.96. The Hall–Kier alpha value is -2.97. The summed E-state index contributed by atoms with van der Waals surface area (Å²) in [5, 5.41) is 21.1. The van der Waals surface area contributed by atoms with Crippen LogP contribution in [0.15, 0.2) is 42.2 Å². The number of ketones is 1. The van der Waals surface area contributed by atoms with Crippen molar-refractivity contribution in [1.29, 1.82) is 5.26 Å². The predicted molar refractivity (Wildman–Crippen MR) is 109 cm³/mol. The van der Waals surface area contributed by atoms with E-state index in [1.165, 1.54) is 12.1 Å². The Morgan fingerprint density at radius 2 is 1.63 bits per heavy atom. The zero-order chi connectivity index (χ0) is 21.3. The van der Waals surface area contributed by atoms with Gasteiger partial charge in [-0.15, -0.1) is 0 Å². The van der Waals surface area contributed by atoms with Gasteiger partial charge in [0.25, 0.3) is 0 Å². The smallest absolute Gasteiger partial charge is 0.173 e. The Bertz CT molecular complexity index is 1120. The normalized spacial score (nSPS) is 31.9. The Balaban J connectivity index is 1.62. The number of aryl methyl sites for hydroxylation is 3. The van der Waals surface area contributed by atoms with Crippen LogP contribution in [0.4, 0.5) is 4.39 Å². The first-order chi connectivity index (χ1) is 14.3. The Kier molecular flexibility index (Phi) is 4.13. The van der Waals surface area contributed by atoms with Gasteiger partial charge in [0, 0.05) is 5.92 Å². The van der Waals surface area contributed by atoms with Crippen molar-refractivity contribution < 1.29 is 19.0 Å². The quantitative estimate of drug-likeness (QED) is 0.799. The summed E-state index contributed by atoms with van der Waals surface area (Å²) in [4.78, 5) is 13.5. The van der Waals surface area contributed by atoms with Crippen molar-refractivity contribution in [3.05, 3.63) is 75.8 Å². The number of halogens is 1. The van der Waals surface area contributed by atoms with Crippen LogP contribution in [0.1, 0.15) is 33.7 Å². The van der Waals surface area contributed by atoms with E-state index in [1.807, 2.05) is 32.9 Å². The number of benzene rings is 2. The monoisotopic (exact) mass is 403 g/mol. The lowest BCUT2D eigenvalue weighted by Gasteiger charge is -2.31. The molecule has 2 bridgehead atoms. The largest absolute Gasteiger partial charge is 0.511 e. The number of aliphatic hydroxyl groups is 1. The highest BCUT2D eigenvalue weighted by Crippen LogP contribution is 2.60. The van der Waals surface area contributed by atoms with Crippen LogP contribution in [-0.2, 0) is 9.53 Å². The molecule has 0 amide bonds. The molecule has 0 saturated carbocycles. The summed E-state index contributed by atoms with van der Waals surface area (Å²) in [6, 6.07) is 12.4. The van der Waals surface area contributed by atoms with Crippen LogP contribution >= 0.6 is 0 Å². The average molecular weight is 403 g/mol. The molecular formula is C25H22FNO3. The van der Waals surface area contributed by atoms with Crippen molar-refractivity contribution in [3.8, 4) is 6.07 Å². The van der Waals surface area contributed by atoms with Crippen LogP contribution in [0.2, 0.25) is 0 Å². The first-order valence-electron chi connectivity index (χ1n) is 10.2. The maximum absolute atomic E-state index is 13.5. The second kappa shape index (κ2) is 6.52. The Morgan fingerprint density at radius 1 is 1.00 bits per heavy atom. The fraction of sp³-hybridized carbons (Fsp3) is 0.360. The van der Waals surface area contributed by atoms with Gasteiger partial charge >= 0.3 is 0 Å². The van der Waals surface area contributed by atoms with E-state index < -0.39 is 30.0 Å². The SMILES string of the molecule is Cc1cc(C)c(C2=C(O)[C@@H]3[C@@H]4O[C@@H]([C@@H](C#N)[C@H]4c4ccc(F)cc4)[C@@H]3C2=O)c(C)c1. The minimum Gasteiger partial charge on any atom is -0.511 e. The third-order valence-electron chi connectivity index (χ3n) is 6.96. The van der Waals surface area contributed by atoms with Gasteiger partial charge in [-0.3, -0.25) is 4.79 Å². The summed E-state index contributed by atoms with van der Waals surface area (Å²) in [6.45, 7) is 5.89. The fourth-order valence-corrected chi connectivity index (χ4v) is 5.94. The maximum atomic E-state index is 13.5. The van der Waals surface area contributed by atoms with Gasteiger partial charge in [-0.2, -0.15) is 5.26 Å². The van der Waals surface area contributed by atoms with Gasteiger partial charge in [0.1, 0.15) is 11.6 Å². The molecule has 2 aromatic carbocycles. The number of nitriles is 1. The zero-order valence-electron chi connectivity index (χ0n) is 17.0. The molecule has 2 saturated heterocycles.